The van der Waals surface area contributed by atoms with Gasteiger partial charge in [-0.3, -0.25) is 0 Å². The molecule has 0 saturated carbocycles. The van der Waals surface area contributed by atoms with E-state index in [0.29, 0.717) is 5.33 Å². The highest BCUT2D eigenvalue weighted by Crippen LogP contribution is 2.15. The van der Waals surface area contributed by atoms with Crippen LogP contribution in [0.4, 0.5) is 0 Å². The van der Waals surface area contributed by atoms with E-state index in [0.717, 1.165) is 25.6 Å². The summed E-state index contributed by atoms with van der Waals surface area (Å²) >= 11 is 3.28. The average molecular weight is 236 g/mol. The molecule has 0 aromatic carbocycles. The Labute approximate surface area is 83.1 Å². The third-order valence-corrected chi connectivity index (χ3v) is 3.14. The first-order chi connectivity index (χ1) is 5.72. The second-order valence-electron chi connectivity index (χ2n) is 3.82. The van der Waals surface area contributed by atoms with Crippen molar-refractivity contribution >= 4 is 15.9 Å². The minimum absolute atomic E-state index is 0.199. The topological polar surface area (TPSA) is 23.5 Å². The molecule has 0 aromatic rings. The van der Waals surface area contributed by atoms with E-state index in [1.807, 2.05) is 0 Å². The van der Waals surface area contributed by atoms with Gasteiger partial charge in [0, 0.05) is 18.4 Å². The number of aliphatic hydroxyl groups excluding tert-OH is 1. The van der Waals surface area contributed by atoms with E-state index in [4.69, 9.17) is 0 Å². The Balaban J connectivity index is 2.22. The zero-order chi connectivity index (χ0) is 8.97. The summed E-state index contributed by atoms with van der Waals surface area (Å²) in [5.41, 5.74) is 0. The highest BCUT2D eigenvalue weighted by atomic mass is 79.9. The monoisotopic (exact) mass is 235 g/mol. The largest absolute Gasteiger partial charge is 0.391 e. The Morgan fingerprint density at radius 1 is 1.67 bits per heavy atom. The Bertz CT molecular complexity index is 132. The second kappa shape index (κ2) is 5.20. The lowest BCUT2D eigenvalue weighted by Crippen LogP contribution is -2.39. The van der Waals surface area contributed by atoms with E-state index < -0.39 is 0 Å². The zero-order valence-corrected chi connectivity index (χ0v) is 9.26. The fourth-order valence-corrected chi connectivity index (χ4v) is 2.00. The molecule has 1 heterocycles. The van der Waals surface area contributed by atoms with Gasteiger partial charge in [-0.05, 0) is 25.3 Å². The van der Waals surface area contributed by atoms with Crippen molar-refractivity contribution in [1.29, 1.82) is 0 Å². The van der Waals surface area contributed by atoms with Crippen LogP contribution >= 0.6 is 15.9 Å². The molecule has 2 atom stereocenters. The van der Waals surface area contributed by atoms with Gasteiger partial charge in [-0.1, -0.05) is 22.9 Å². The molecule has 0 radical (unpaired) electrons. The number of likely N-dealkylation sites (tertiary alicyclic amines) is 1. The van der Waals surface area contributed by atoms with E-state index in [9.17, 15) is 5.11 Å². The van der Waals surface area contributed by atoms with Gasteiger partial charge < -0.3 is 10.0 Å². The van der Waals surface area contributed by atoms with E-state index >= 15 is 0 Å². The molecule has 3 heteroatoms. The van der Waals surface area contributed by atoms with Crippen LogP contribution in [0.1, 0.15) is 19.8 Å². The van der Waals surface area contributed by atoms with Crippen molar-refractivity contribution in [2.45, 2.75) is 25.9 Å². The molecule has 1 aliphatic rings. The number of aliphatic hydroxyl groups is 1. The van der Waals surface area contributed by atoms with Gasteiger partial charge in [0.1, 0.15) is 0 Å². The summed E-state index contributed by atoms with van der Waals surface area (Å²) in [5.74, 6) is 0.807. The van der Waals surface area contributed by atoms with E-state index in [1.165, 1.54) is 12.8 Å². The third-order valence-electron chi connectivity index (χ3n) is 2.39. The average Bonchev–Trinajstić information content (AvgIpc) is 2.04. The number of hydrogen-bond acceptors (Lipinski definition) is 2. The Morgan fingerprint density at radius 2 is 2.42 bits per heavy atom. The summed E-state index contributed by atoms with van der Waals surface area (Å²) < 4.78 is 0. The number of hydrogen-bond donors (Lipinski definition) is 1. The molecule has 0 bridgehead atoms. The van der Waals surface area contributed by atoms with Gasteiger partial charge in [0.15, 0.2) is 0 Å². The number of β-amino-alcohol motifs (C(OH)–C–C–N with tert-alkyl or cyclic N) is 1. The van der Waals surface area contributed by atoms with Gasteiger partial charge in [0.25, 0.3) is 0 Å². The maximum absolute atomic E-state index is 9.41. The molecule has 1 rings (SSSR count). The second-order valence-corrected chi connectivity index (χ2v) is 4.46. The van der Waals surface area contributed by atoms with Crippen molar-refractivity contribution in [1.82, 2.24) is 4.90 Å². The first-order valence-corrected chi connectivity index (χ1v) is 5.81. The van der Waals surface area contributed by atoms with Gasteiger partial charge in [-0.15, -0.1) is 0 Å². The molecule has 1 N–H and O–H groups in total. The molecule has 12 heavy (non-hydrogen) atoms. The minimum Gasteiger partial charge on any atom is -0.391 e. The lowest BCUT2D eigenvalue weighted by Gasteiger charge is -2.31. The molecule has 2 unspecified atom stereocenters. The van der Waals surface area contributed by atoms with E-state index in [-0.39, 0.29) is 6.10 Å². The lowest BCUT2D eigenvalue weighted by atomic mass is 10.0. The van der Waals surface area contributed by atoms with Crippen LogP contribution in [0.25, 0.3) is 0 Å². The van der Waals surface area contributed by atoms with Gasteiger partial charge in [-0.25, -0.2) is 0 Å². The first-order valence-electron chi connectivity index (χ1n) is 4.68. The van der Waals surface area contributed by atoms with Crippen molar-refractivity contribution in [2.75, 3.05) is 25.0 Å². The summed E-state index contributed by atoms with van der Waals surface area (Å²) in [4.78, 5) is 2.36. The van der Waals surface area contributed by atoms with E-state index in [1.54, 1.807) is 0 Å². The predicted octanol–water partition coefficient (Wildman–Crippen LogP) is 1.47. The van der Waals surface area contributed by atoms with Gasteiger partial charge in [-0.2, -0.15) is 0 Å². The zero-order valence-electron chi connectivity index (χ0n) is 7.67. The molecule has 0 aromatic heterocycles. The van der Waals surface area contributed by atoms with Crippen LogP contribution in [0.5, 0.6) is 0 Å². The summed E-state index contributed by atoms with van der Waals surface area (Å²) in [6.45, 7) is 5.43. The number of piperidine rings is 1. The molecule has 72 valence electrons. The number of halogens is 1. The van der Waals surface area contributed by atoms with Crippen LogP contribution < -0.4 is 0 Å². The molecular formula is C9H18BrNO. The standard InChI is InChI=1S/C9H18BrNO/c1-8-3-2-4-11(6-8)7-9(12)5-10/h8-9,12H,2-7H2,1H3. The molecule has 1 saturated heterocycles. The molecule has 0 aliphatic carbocycles. The number of rotatable bonds is 3. The van der Waals surface area contributed by atoms with Crippen molar-refractivity contribution in [2.24, 2.45) is 5.92 Å². The molecular weight excluding hydrogens is 218 g/mol. The third kappa shape index (κ3) is 3.42. The molecule has 2 nitrogen and oxygen atoms in total. The summed E-state index contributed by atoms with van der Waals surface area (Å²) in [7, 11) is 0. The van der Waals surface area contributed by atoms with Crippen molar-refractivity contribution in [3.63, 3.8) is 0 Å². The molecule has 0 amide bonds. The summed E-state index contributed by atoms with van der Waals surface area (Å²) in [5, 5.41) is 10.1. The minimum atomic E-state index is -0.199. The van der Waals surface area contributed by atoms with Gasteiger partial charge in [0.2, 0.25) is 0 Å². The Kier molecular flexibility index (Phi) is 4.54. The maximum atomic E-state index is 9.41. The van der Waals surface area contributed by atoms with Crippen LogP contribution in [-0.4, -0.2) is 41.1 Å². The van der Waals surface area contributed by atoms with Crippen molar-refractivity contribution < 1.29 is 5.11 Å². The molecule has 0 spiro atoms. The van der Waals surface area contributed by atoms with Crippen LogP contribution in [0, 0.1) is 5.92 Å². The molecule has 1 aliphatic heterocycles. The fraction of sp³-hybridized carbons (Fsp3) is 1.00. The number of nitrogens with zero attached hydrogens (tertiary/aromatic N) is 1. The van der Waals surface area contributed by atoms with Crippen molar-refractivity contribution in [3.05, 3.63) is 0 Å². The predicted molar refractivity (Wildman–Crippen MR) is 54.6 cm³/mol. The molecule has 1 fully saturated rings. The van der Waals surface area contributed by atoms with E-state index in [2.05, 4.69) is 27.8 Å². The van der Waals surface area contributed by atoms with Crippen LogP contribution in [0.3, 0.4) is 0 Å². The highest BCUT2D eigenvalue weighted by molar-refractivity contribution is 9.09. The fourth-order valence-electron chi connectivity index (χ4n) is 1.80. The number of alkyl halides is 1. The normalized spacial score (nSPS) is 28.8. The summed E-state index contributed by atoms with van der Waals surface area (Å²) in [6.07, 6.45) is 2.44. The quantitative estimate of drug-likeness (QED) is 0.750. The Morgan fingerprint density at radius 3 is 3.00 bits per heavy atom. The highest BCUT2D eigenvalue weighted by Gasteiger charge is 2.17. The first kappa shape index (κ1) is 10.5. The SMILES string of the molecule is CC1CCCN(CC(O)CBr)C1. The van der Waals surface area contributed by atoms with Gasteiger partial charge in [0.05, 0.1) is 6.10 Å². The lowest BCUT2D eigenvalue weighted by molar-refractivity contribution is 0.102. The van der Waals surface area contributed by atoms with Crippen molar-refractivity contribution in [3.8, 4) is 0 Å². The Hall–Kier alpha value is 0.400. The maximum Gasteiger partial charge on any atom is 0.0763 e. The van der Waals surface area contributed by atoms with Crippen LogP contribution in [-0.2, 0) is 0 Å². The smallest absolute Gasteiger partial charge is 0.0763 e. The van der Waals surface area contributed by atoms with Crippen LogP contribution in [0.15, 0.2) is 0 Å². The van der Waals surface area contributed by atoms with Gasteiger partial charge >= 0.3 is 0 Å². The van der Waals surface area contributed by atoms with Crippen LogP contribution in [0.2, 0.25) is 0 Å². The summed E-state index contributed by atoms with van der Waals surface area (Å²) in [6, 6.07) is 0.